The molecule has 0 aromatic heterocycles. The van der Waals surface area contributed by atoms with Gasteiger partial charge in [-0.15, -0.1) is 0 Å². The summed E-state index contributed by atoms with van der Waals surface area (Å²) in [5.74, 6) is -1.72. The van der Waals surface area contributed by atoms with Gasteiger partial charge in [0.2, 0.25) is 5.91 Å². The van der Waals surface area contributed by atoms with Gasteiger partial charge in [0.05, 0.1) is 6.42 Å². The molecule has 8 heteroatoms. The zero-order valence-corrected chi connectivity index (χ0v) is 14.3. The number of hydrogen-bond acceptors (Lipinski definition) is 5. The highest BCUT2D eigenvalue weighted by Gasteiger charge is 2.37. The first-order valence-electron chi connectivity index (χ1n) is 7.09. The Morgan fingerprint density at radius 2 is 1.76 bits per heavy atom. The van der Waals surface area contributed by atoms with Gasteiger partial charge in [-0.05, 0) is 19.3 Å². The molecule has 2 N–H and O–H groups in total. The number of carbonyl (C=O) groups excluding carboxylic acids is 1. The van der Waals surface area contributed by atoms with Crippen molar-refractivity contribution in [1.29, 1.82) is 0 Å². The molecule has 0 saturated carbocycles. The van der Waals surface area contributed by atoms with Crippen LogP contribution in [0.25, 0.3) is 0 Å². The molecule has 0 bridgehead atoms. The number of amides is 1. The van der Waals surface area contributed by atoms with Gasteiger partial charge in [-0.2, -0.15) is 0 Å². The Bertz CT molecular complexity index is 314. The minimum atomic E-state index is -2.66. The van der Waals surface area contributed by atoms with E-state index in [0.717, 1.165) is 6.42 Å². The van der Waals surface area contributed by atoms with E-state index in [-0.39, 0.29) is 12.3 Å². The molecule has 0 spiro atoms. The van der Waals surface area contributed by atoms with Crippen molar-refractivity contribution >= 4 is 20.7 Å². The third-order valence-electron chi connectivity index (χ3n) is 3.31. The van der Waals surface area contributed by atoms with E-state index in [4.69, 9.17) is 18.4 Å². The number of hydrogen-bond donors (Lipinski definition) is 2. The third kappa shape index (κ3) is 7.56. The fourth-order valence-corrected chi connectivity index (χ4v) is 3.80. The quantitative estimate of drug-likeness (QED) is 0.526. The molecule has 21 heavy (non-hydrogen) atoms. The molecule has 1 unspecified atom stereocenters. The fraction of sp³-hybridized carbons (Fsp3) is 0.846. The van der Waals surface area contributed by atoms with Crippen LogP contribution in [0.1, 0.15) is 32.6 Å². The van der Waals surface area contributed by atoms with E-state index in [1.807, 2.05) is 6.92 Å². The van der Waals surface area contributed by atoms with Gasteiger partial charge in [-0.3, -0.25) is 9.59 Å². The van der Waals surface area contributed by atoms with E-state index in [0.29, 0.717) is 25.4 Å². The van der Waals surface area contributed by atoms with E-state index in [1.165, 1.54) is 21.3 Å². The Morgan fingerprint density at radius 1 is 1.19 bits per heavy atom. The predicted molar refractivity (Wildman–Crippen MR) is 79.9 cm³/mol. The van der Waals surface area contributed by atoms with Gasteiger partial charge in [0.1, 0.15) is 0 Å². The van der Waals surface area contributed by atoms with Crippen molar-refractivity contribution in [2.24, 2.45) is 5.92 Å². The number of nitrogens with one attached hydrogen (secondary N) is 1. The van der Waals surface area contributed by atoms with Crippen molar-refractivity contribution in [2.45, 2.75) is 38.7 Å². The van der Waals surface area contributed by atoms with E-state index in [1.54, 1.807) is 0 Å². The topological polar surface area (TPSA) is 94.1 Å². The van der Waals surface area contributed by atoms with Crippen molar-refractivity contribution in [2.75, 3.05) is 27.9 Å². The average Bonchev–Trinajstić information content (AvgIpc) is 2.48. The van der Waals surface area contributed by atoms with Crippen LogP contribution < -0.4 is 5.32 Å². The highest BCUT2D eigenvalue weighted by atomic mass is 28.4. The van der Waals surface area contributed by atoms with E-state index in [9.17, 15) is 9.59 Å². The SMILES string of the molecule is CCCNC(=O)C(CCC[Si](OC)(OC)OC)CC(=O)O. The van der Waals surface area contributed by atoms with Crippen LogP contribution in [0, 0.1) is 5.92 Å². The van der Waals surface area contributed by atoms with Gasteiger partial charge in [0, 0.05) is 39.8 Å². The summed E-state index contributed by atoms with van der Waals surface area (Å²) in [5.41, 5.74) is 0. The Hall–Kier alpha value is -0.963. The summed E-state index contributed by atoms with van der Waals surface area (Å²) in [7, 11) is 1.93. The number of carboxylic acid groups (broad SMARTS) is 1. The zero-order valence-electron chi connectivity index (χ0n) is 13.3. The standard InChI is InChI=1S/C13H27NO6Si/c1-5-8-14-13(17)11(10-12(15)16)7-6-9-21(18-2,19-3)20-4/h11H,5-10H2,1-4H3,(H,14,17)(H,15,16). The molecule has 0 aliphatic heterocycles. The average molecular weight is 321 g/mol. The third-order valence-corrected chi connectivity index (χ3v) is 6.14. The first kappa shape index (κ1) is 20.0. The van der Waals surface area contributed by atoms with Crippen molar-refractivity contribution in [3.63, 3.8) is 0 Å². The maximum absolute atomic E-state index is 11.9. The molecule has 0 saturated heterocycles. The molecular weight excluding hydrogens is 294 g/mol. The van der Waals surface area contributed by atoms with Crippen molar-refractivity contribution < 1.29 is 28.0 Å². The second-order valence-corrected chi connectivity index (χ2v) is 7.86. The smallest absolute Gasteiger partial charge is 0.481 e. The molecule has 0 aromatic carbocycles. The number of rotatable bonds is 12. The summed E-state index contributed by atoms with van der Waals surface area (Å²) in [5, 5.41) is 11.7. The van der Waals surface area contributed by atoms with Crippen LogP contribution in [0.4, 0.5) is 0 Å². The lowest BCUT2D eigenvalue weighted by atomic mass is 9.99. The second-order valence-electron chi connectivity index (χ2n) is 4.77. The minimum Gasteiger partial charge on any atom is -0.481 e. The van der Waals surface area contributed by atoms with E-state index in [2.05, 4.69) is 5.32 Å². The molecular formula is C13H27NO6Si. The molecule has 0 aromatic rings. The molecule has 1 amide bonds. The molecule has 0 aliphatic rings. The Morgan fingerprint density at radius 3 is 2.19 bits per heavy atom. The summed E-state index contributed by atoms with van der Waals surface area (Å²) < 4.78 is 15.9. The van der Waals surface area contributed by atoms with Gasteiger partial charge in [0.15, 0.2) is 0 Å². The summed E-state index contributed by atoms with van der Waals surface area (Å²) in [6, 6.07) is 0.549. The lowest BCUT2D eigenvalue weighted by molar-refractivity contribution is -0.141. The van der Waals surface area contributed by atoms with Crippen LogP contribution in [0.5, 0.6) is 0 Å². The van der Waals surface area contributed by atoms with Crippen molar-refractivity contribution in [1.82, 2.24) is 5.32 Å². The lowest BCUT2D eigenvalue weighted by Gasteiger charge is -2.25. The number of aliphatic carboxylic acids is 1. The Balaban J connectivity index is 4.47. The lowest BCUT2D eigenvalue weighted by Crippen LogP contribution is -2.42. The number of carboxylic acids is 1. The van der Waals surface area contributed by atoms with Gasteiger partial charge >= 0.3 is 14.8 Å². The van der Waals surface area contributed by atoms with Crippen LogP contribution in [0.3, 0.4) is 0 Å². The fourth-order valence-electron chi connectivity index (χ4n) is 2.05. The van der Waals surface area contributed by atoms with Crippen LogP contribution >= 0.6 is 0 Å². The van der Waals surface area contributed by atoms with E-state index < -0.39 is 20.7 Å². The zero-order chi connectivity index (χ0) is 16.3. The number of carbonyl (C=O) groups is 2. The largest absolute Gasteiger partial charge is 0.500 e. The van der Waals surface area contributed by atoms with Crippen molar-refractivity contribution in [3.8, 4) is 0 Å². The summed E-state index contributed by atoms with van der Waals surface area (Å²) in [4.78, 5) is 22.8. The highest BCUT2D eigenvalue weighted by molar-refractivity contribution is 6.60. The monoisotopic (exact) mass is 321 g/mol. The highest BCUT2D eigenvalue weighted by Crippen LogP contribution is 2.20. The van der Waals surface area contributed by atoms with E-state index >= 15 is 0 Å². The van der Waals surface area contributed by atoms with Crippen LogP contribution in [0.15, 0.2) is 0 Å². The second kappa shape index (κ2) is 10.7. The molecule has 0 aliphatic carbocycles. The first-order valence-corrected chi connectivity index (χ1v) is 9.02. The molecule has 124 valence electrons. The van der Waals surface area contributed by atoms with Gasteiger partial charge < -0.3 is 23.7 Å². The molecule has 7 nitrogen and oxygen atoms in total. The summed E-state index contributed by atoms with van der Waals surface area (Å²) in [6.07, 6.45) is 1.72. The maximum atomic E-state index is 11.9. The van der Waals surface area contributed by atoms with Gasteiger partial charge in [0.25, 0.3) is 0 Å². The molecule has 0 rings (SSSR count). The predicted octanol–water partition coefficient (Wildman–Crippen LogP) is 1.26. The van der Waals surface area contributed by atoms with Gasteiger partial charge in [-0.1, -0.05) is 6.92 Å². The van der Waals surface area contributed by atoms with Gasteiger partial charge in [-0.25, -0.2) is 0 Å². The summed E-state index contributed by atoms with van der Waals surface area (Å²) >= 11 is 0. The Labute approximate surface area is 127 Å². The molecule has 1 atom stereocenters. The van der Waals surface area contributed by atoms with Crippen LogP contribution in [0.2, 0.25) is 6.04 Å². The first-order chi connectivity index (χ1) is 9.94. The van der Waals surface area contributed by atoms with Crippen LogP contribution in [-0.2, 0) is 22.9 Å². The Kier molecular flexibility index (Phi) is 10.2. The molecule has 0 heterocycles. The summed E-state index contributed by atoms with van der Waals surface area (Å²) in [6.45, 7) is 2.50. The molecule has 0 radical (unpaired) electrons. The minimum absolute atomic E-state index is 0.170. The maximum Gasteiger partial charge on any atom is 0.500 e. The van der Waals surface area contributed by atoms with Crippen LogP contribution in [-0.4, -0.2) is 53.7 Å². The molecule has 0 fully saturated rings. The van der Waals surface area contributed by atoms with Crippen molar-refractivity contribution in [3.05, 3.63) is 0 Å². The normalized spacial score (nSPS) is 13.0.